The Labute approximate surface area is 97.0 Å². The van der Waals surface area contributed by atoms with Crippen molar-refractivity contribution in [3.05, 3.63) is 35.9 Å². The molecule has 0 spiro atoms. The van der Waals surface area contributed by atoms with E-state index in [-0.39, 0.29) is 0 Å². The first kappa shape index (κ1) is 11.0. The van der Waals surface area contributed by atoms with Crippen LogP contribution in [-0.2, 0) is 6.42 Å². The molecule has 2 heteroatoms. The second-order valence-electron chi connectivity index (χ2n) is 4.35. The fraction of sp³-hybridized carbons (Fsp3) is 0.538. The molecule has 0 aliphatic carbocycles. The van der Waals surface area contributed by atoms with Crippen molar-refractivity contribution in [1.82, 2.24) is 4.90 Å². The second kappa shape index (κ2) is 5.53. The molecule has 1 atom stereocenters. The highest BCUT2D eigenvalue weighted by atomic mass is 35.5. The van der Waals surface area contributed by atoms with Crippen LogP contribution < -0.4 is 0 Å². The van der Waals surface area contributed by atoms with Crippen molar-refractivity contribution in [1.29, 1.82) is 0 Å². The van der Waals surface area contributed by atoms with Gasteiger partial charge in [0.25, 0.3) is 0 Å². The van der Waals surface area contributed by atoms with E-state index in [1.807, 2.05) is 0 Å². The third kappa shape index (κ3) is 3.22. The number of alkyl halides is 1. The number of hydrogen-bond donors (Lipinski definition) is 0. The summed E-state index contributed by atoms with van der Waals surface area (Å²) in [7, 11) is 0. The summed E-state index contributed by atoms with van der Waals surface area (Å²) in [4.78, 5) is 2.53. The van der Waals surface area contributed by atoms with E-state index in [1.165, 1.54) is 31.6 Å². The van der Waals surface area contributed by atoms with E-state index in [2.05, 4.69) is 35.2 Å². The van der Waals surface area contributed by atoms with E-state index >= 15 is 0 Å². The second-order valence-corrected chi connectivity index (χ2v) is 4.65. The van der Waals surface area contributed by atoms with Gasteiger partial charge in [-0.2, -0.15) is 0 Å². The molecule has 1 aliphatic heterocycles. The Morgan fingerprint density at radius 2 is 2.07 bits per heavy atom. The van der Waals surface area contributed by atoms with Gasteiger partial charge < -0.3 is 4.90 Å². The highest BCUT2D eigenvalue weighted by molar-refractivity contribution is 6.18. The summed E-state index contributed by atoms with van der Waals surface area (Å²) in [5, 5.41) is 0. The highest BCUT2D eigenvalue weighted by Gasteiger charge is 2.20. The molecule has 0 saturated carbocycles. The van der Waals surface area contributed by atoms with Crippen LogP contribution in [0.15, 0.2) is 30.3 Å². The van der Waals surface area contributed by atoms with Crippen molar-refractivity contribution in [2.45, 2.75) is 12.8 Å². The summed E-state index contributed by atoms with van der Waals surface area (Å²) in [5.41, 5.74) is 1.44. The largest absolute Gasteiger partial charge is 0.303 e. The molecule has 0 aromatic heterocycles. The molecule has 2 rings (SSSR count). The van der Waals surface area contributed by atoms with Crippen molar-refractivity contribution in [3.8, 4) is 0 Å². The van der Waals surface area contributed by atoms with Gasteiger partial charge in [-0.15, -0.1) is 11.6 Å². The fourth-order valence-electron chi connectivity index (χ4n) is 2.17. The Morgan fingerprint density at radius 1 is 1.27 bits per heavy atom. The number of nitrogens with zero attached hydrogens (tertiary/aromatic N) is 1. The summed E-state index contributed by atoms with van der Waals surface area (Å²) in [6.07, 6.45) is 2.44. The molecule has 0 N–H and O–H groups in total. The molecule has 1 saturated heterocycles. The molecule has 0 bridgehead atoms. The monoisotopic (exact) mass is 223 g/mol. The molecule has 1 heterocycles. The van der Waals surface area contributed by atoms with Crippen molar-refractivity contribution < 1.29 is 0 Å². The summed E-state index contributed by atoms with van der Waals surface area (Å²) in [6.45, 7) is 3.60. The van der Waals surface area contributed by atoms with Crippen molar-refractivity contribution >= 4 is 11.6 Å². The molecule has 0 unspecified atom stereocenters. The number of halogens is 1. The van der Waals surface area contributed by atoms with E-state index in [0.29, 0.717) is 0 Å². The van der Waals surface area contributed by atoms with Gasteiger partial charge in [0.2, 0.25) is 0 Å². The van der Waals surface area contributed by atoms with Gasteiger partial charge in [0.1, 0.15) is 0 Å². The lowest BCUT2D eigenvalue weighted by Gasteiger charge is -2.15. The Kier molecular flexibility index (Phi) is 4.04. The predicted octanol–water partition coefficient (Wildman–Crippen LogP) is 2.79. The fourth-order valence-corrected chi connectivity index (χ4v) is 2.43. The molecule has 0 amide bonds. The molecule has 0 radical (unpaired) electrons. The molecule has 82 valence electrons. The minimum Gasteiger partial charge on any atom is -0.303 e. The summed E-state index contributed by atoms with van der Waals surface area (Å²) >= 11 is 5.86. The SMILES string of the molecule is ClC[C@H]1CCN(CCc2ccccc2)C1. The van der Waals surface area contributed by atoms with Crippen molar-refractivity contribution in [2.75, 3.05) is 25.5 Å². The maximum atomic E-state index is 5.86. The molecule has 1 aromatic carbocycles. The van der Waals surface area contributed by atoms with E-state index in [1.54, 1.807) is 0 Å². The average Bonchev–Trinajstić information content (AvgIpc) is 2.76. The van der Waals surface area contributed by atoms with Gasteiger partial charge in [0.05, 0.1) is 0 Å². The summed E-state index contributed by atoms with van der Waals surface area (Å²) < 4.78 is 0. The topological polar surface area (TPSA) is 3.24 Å². The Hall–Kier alpha value is -0.530. The van der Waals surface area contributed by atoms with E-state index in [0.717, 1.165) is 18.2 Å². The minimum absolute atomic E-state index is 0.724. The normalized spacial score (nSPS) is 22.1. The summed E-state index contributed by atoms with van der Waals surface area (Å²) in [5.74, 6) is 1.55. The van der Waals surface area contributed by atoms with Crippen LogP contribution in [0.1, 0.15) is 12.0 Å². The lowest BCUT2D eigenvalue weighted by molar-refractivity contribution is 0.333. The van der Waals surface area contributed by atoms with E-state index in [4.69, 9.17) is 11.6 Å². The number of benzene rings is 1. The van der Waals surface area contributed by atoms with E-state index < -0.39 is 0 Å². The van der Waals surface area contributed by atoms with Crippen LogP contribution in [-0.4, -0.2) is 30.4 Å². The molecule has 1 fully saturated rings. The smallest absolute Gasteiger partial charge is 0.0264 e. The van der Waals surface area contributed by atoms with Crippen LogP contribution in [0.4, 0.5) is 0 Å². The summed E-state index contributed by atoms with van der Waals surface area (Å²) in [6, 6.07) is 10.7. The van der Waals surface area contributed by atoms with Gasteiger partial charge >= 0.3 is 0 Å². The third-order valence-corrected chi connectivity index (χ3v) is 3.58. The molecule has 1 nitrogen and oxygen atoms in total. The number of hydrogen-bond acceptors (Lipinski definition) is 1. The Balaban J connectivity index is 1.75. The minimum atomic E-state index is 0.724. The first-order chi connectivity index (χ1) is 7.38. The van der Waals surface area contributed by atoms with E-state index in [9.17, 15) is 0 Å². The lowest BCUT2D eigenvalue weighted by atomic mass is 10.1. The van der Waals surface area contributed by atoms with Gasteiger partial charge in [-0.3, -0.25) is 0 Å². The van der Waals surface area contributed by atoms with Crippen molar-refractivity contribution in [2.24, 2.45) is 5.92 Å². The lowest BCUT2D eigenvalue weighted by Crippen LogP contribution is -2.23. The number of likely N-dealkylation sites (tertiary alicyclic amines) is 1. The van der Waals surface area contributed by atoms with Gasteiger partial charge in [-0.1, -0.05) is 30.3 Å². The van der Waals surface area contributed by atoms with Gasteiger partial charge in [0, 0.05) is 19.0 Å². The van der Waals surface area contributed by atoms with Gasteiger partial charge in [-0.05, 0) is 30.9 Å². The zero-order chi connectivity index (χ0) is 10.5. The maximum absolute atomic E-state index is 5.86. The average molecular weight is 224 g/mol. The molecular formula is C13H18ClN. The molecule has 1 aromatic rings. The first-order valence-electron chi connectivity index (χ1n) is 5.70. The standard InChI is InChI=1S/C13H18ClN/c14-10-13-7-9-15(11-13)8-6-12-4-2-1-3-5-12/h1-5,13H,6-11H2/t13-/m1/s1. The molecule has 1 aliphatic rings. The van der Waals surface area contributed by atoms with Crippen LogP contribution >= 0.6 is 11.6 Å². The van der Waals surface area contributed by atoms with Crippen LogP contribution in [0.2, 0.25) is 0 Å². The van der Waals surface area contributed by atoms with Crippen LogP contribution in [0.3, 0.4) is 0 Å². The molecule has 15 heavy (non-hydrogen) atoms. The zero-order valence-electron chi connectivity index (χ0n) is 9.03. The van der Waals surface area contributed by atoms with Crippen LogP contribution in [0.5, 0.6) is 0 Å². The zero-order valence-corrected chi connectivity index (χ0v) is 9.79. The van der Waals surface area contributed by atoms with Crippen molar-refractivity contribution in [3.63, 3.8) is 0 Å². The predicted molar refractivity (Wildman–Crippen MR) is 65.4 cm³/mol. The van der Waals surface area contributed by atoms with Crippen LogP contribution in [0, 0.1) is 5.92 Å². The highest BCUT2D eigenvalue weighted by Crippen LogP contribution is 2.17. The van der Waals surface area contributed by atoms with Gasteiger partial charge in [-0.25, -0.2) is 0 Å². The maximum Gasteiger partial charge on any atom is 0.0264 e. The Bertz CT molecular complexity index is 286. The number of rotatable bonds is 4. The molecular weight excluding hydrogens is 206 g/mol. The quantitative estimate of drug-likeness (QED) is 0.710. The van der Waals surface area contributed by atoms with Crippen LogP contribution in [0.25, 0.3) is 0 Å². The first-order valence-corrected chi connectivity index (χ1v) is 6.24. The van der Waals surface area contributed by atoms with Gasteiger partial charge in [0.15, 0.2) is 0 Å². The Morgan fingerprint density at radius 3 is 2.73 bits per heavy atom. The third-order valence-electron chi connectivity index (χ3n) is 3.15.